The zero-order valence-corrected chi connectivity index (χ0v) is 9.05. The fourth-order valence-corrected chi connectivity index (χ4v) is 2.40. The normalized spacial score (nSPS) is 10.4. The average Bonchev–Trinajstić information content (AvgIpc) is 2.58. The van der Waals surface area contributed by atoms with Crippen LogP contribution in [0.2, 0.25) is 0 Å². The van der Waals surface area contributed by atoms with Crippen molar-refractivity contribution in [3.05, 3.63) is 27.0 Å². The summed E-state index contributed by atoms with van der Waals surface area (Å²) in [5, 5.41) is 2.01. The van der Waals surface area contributed by atoms with E-state index in [4.69, 9.17) is 16.6 Å². The molecule has 0 fully saturated rings. The number of H-pyrrole nitrogens is 1. The van der Waals surface area contributed by atoms with E-state index < -0.39 is 0 Å². The highest BCUT2D eigenvalue weighted by atomic mass is 79.9. The third-order valence-electron chi connectivity index (χ3n) is 1.35. The van der Waals surface area contributed by atoms with Gasteiger partial charge in [-0.25, -0.2) is 0 Å². The van der Waals surface area contributed by atoms with Gasteiger partial charge in [-0.05, 0) is 34.2 Å². The Labute approximate surface area is 86.4 Å². The maximum atomic E-state index is 4.98. The Morgan fingerprint density at radius 1 is 1.58 bits per heavy atom. The van der Waals surface area contributed by atoms with Crippen LogP contribution in [-0.4, -0.2) is 4.98 Å². The highest BCUT2D eigenvalue weighted by molar-refractivity contribution is 9.10. The molecule has 0 bridgehead atoms. The zero-order valence-electron chi connectivity index (χ0n) is 5.83. The Morgan fingerprint density at radius 3 is 2.92 bits per heavy atom. The first-order valence-electron chi connectivity index (χ1n) is 3.18. The Hall–Kier alpha value is -0.390. The third-order valence-corrected chi connectivity index (χ3v) is 3.28. The highest BCUT2D eigenvalue weighted by Gasteiger charge is 2.02. The van der Waals surface area contributed by atoms with E-state index in [9.17, 15) is 0 Å². The summed E-state index contributed by atoms with van der Waals surface area (Å²) < 4.78 is 6.05. The molecule has 2 aromatic rings. The SMILES string of the molecule is S=c1[nH]c(-c2cc(Br)cs2)co1. The summed E-state index contributed by atoms with van der Waals surface area (Å²) >= 11 is 9.82. The van der Waals surface area contributed by atoms with E-state index in [1.807, 2.05) is 11.4 Å². The van der Waals surface area contributed by atoms with Crippen LogP contribution in [0.15, 0.2) is 26.6 Å². The van der Waals surface area contributed by atoms with Crippen molar-refractivity contribution in [1.29, 1.82) is 0 Å². The maximum Gasteiger partial charge on any atom is 0.266 e. The minimum Gasteiger partial charge on any atom is -0.437 e. The largest absolute Gasteiger partial charge is 0.437 e. The molecular weight excluding hydrogens is 258 g/mol. The second-order valence-corrected chi connectivity index (χ2v) is 4.39. The van der Waals surface area contributed by atoms with Crippen molar-refractivity contribution in [3.63, 3.8) is 0 Å². The number of hydrogen-bond donors (Lipinski definition) is 1. The van der Waals surface area contributed by atoms with Gasteiger partial charge in [-0.3, -0.25) is 0 Å². The first-order chi connectivity index (χ1) is 5.75. The molecule has 2 aromatic heterocycles. The second-order valence-electron chi connectivity index (χ2n) is 2.19. The summed E-state index contributed by atoms with van der Waals surface area (Å²) in [5.41, 5.74) is 0.927. The van der Waals surface area contributed by atoms with Crippen molar-refractivity contribution in [2.24, 2.45) is 0 Å². The van der Waals surface area contributed by atoms with Gasteiger partial charge in [0.2, 0.25) is 0 Å². The van der Waals surface area contributed by atoms with Crippen LogP contribution in [0.25, 0.3) is 10.6 Å². The minimum atomic E-state index is 0.412. The van der Waals surface area contributed by atoms with Gasteiger partial charge < -0.3 is 9.40 Å². The molecule has 0 spiro atoms. The van der Waals surface area contributed by atoms with Gasteiger partial charge in [-0.15, -0.1) is 11.3 Å². The Bertz CT molecular complexity index is 442. The van der Waals surface area contributed by atoms with Gasteiger partial charge in [-0.2, -0.15) is 0 Å². The van der Waals surface area contributed by atoms with E-state index in [0.717, 1.165) is 15.0 Å². The van der Waals surface area contributed by atoms with Crippen LogP contribution in [0.4, 0.5) is 0 Å². The molecule has 5 heteroatoms. The summed E-state index contributed by atoms with van der Waals surface area (Å²) in [6, 6.07) is 2.01. The van der Waals surface area contributed by atoms with Crippen molar-refractivity contribution in [2.45, 2.75) is 0 Å². The number of rotatable bonds is 1. The molecule has 62 valence electrons. The van der Waals surface area contributed by atoms with Crippen LogP contribution in [-0.2, 0) is 0 Å². The second kappa shape index (κ2) is 3.16. The van der Waals surface area contributed by atoms with Gasteiger partial charge in [0.1, 0.15) is 6.26 Å². The third kappa shape index (κ3) is 1.53. The lowest BCUT2D eigenvalue weighted by atomic mass is 10.4. The van der Waals surface area contributed by atoms with Crippen molar-refractivity contribution in [2.75, 3.05) is 0 Å². The molecular formula is C7H4BrNOS2. The highest BCUT2D eigenvalue weighted by Crippen LogP contribution is 2.28. The Morgan fingerprint density at radius 2 is 2.42 bits per heavy atom. The van der Waals surface area contributed by atoms with Gasteiger partial charge in [0.15, 0.2) is 0 Å². The molecule has 0 aliphatic rings. The van der Waals surface area contributed by atoms with E-state index in [2.05, 4.69) is 20.9 Å². The Balaban J connectivity index is 2.50. The predicted molar refractivity (Wildman–Crippen MR) is 54.9 cm³/mol. The van der Waals surface area contributed by atoms with Gasteiger partial charge in [0, 0.05) is 9.85 Å². The quantitative estimate of drug-likeness (QED) is 0.791. The zero-order chi connectivity index (χ0) is 8.55. The van der Waals surface area contributed by atoms with Crippen molar-refractivity contribution < 1.29 is 4.42 Å². The van der Waals surface area contributed by atoms with Crippen LogP contribution < -0.4 is 0 Å². The van der Waals surface area contributed by atoms with Crippen LogP contribution in [0, 0.1) is 4.84 Å². The number of nitrogens with one attached hydrogen (secondary N) is 1. The first kappa shape index (κ1) is 8.22. The number of hydrogen-bond acceptors (Lipinski definition) is 3. The fourth-order valence-electron chi connectivity index (χ4n) is 0.855. The van der Waals surface area contributed by atoms with E-state index in [0.29, 0.717) is 4.84 Å². The van der Waals surface area contributed by atoms with Gasteiger partial charge in [0.05, 0.1) is 10.6 Å². The van der Waals surface area contributed by atoms with Gasteiger partial charge in [-0.1, -0.05) is 0 Å². The number of halogens is 1. The topological polar surface area (TPSA) is 28.9 Å². The molecule has 0 unspecified atom stereocenters. The van der Waals surface area contributed by atoms with E-state index in [1.54, 1.807) is 17.6 Å². The summed E-state index contributed by atoms with van der Waals surface area (Å²) in [6.45, 7) is 0. The molecule has 0 aliphatic heterocycles. The van der Waals surface area contributed by atoms with Crippen molar-refractivity contribution >= 4 is 39.5 Å². The molecule has 0 atom stereocenters. The number of oxazole rings is 1. The summed E-state index contributed by atoms with van der Waals surface area (Å²) in [7, 11) is 0. The van der Waals surface area contributed by atoms with E-state index in [1.165, 1.54) is 0 Å². The molecule has 2 heterocycles. The van der Waals surface area contributed by atoms with Crippen molar-refractivity contribution in [1.82, 2.24) is 4.98 Å². The van der Waals surface area contributed by atoms with E-state index >= 15 is 0 Å². The number of aromatic nitrogens is 1. The summed E-state index contributed by atoms with van der Waals surface area (Å²) in [5.74, 6) is 0. The summed E-state index contributed by atoms with van der Waals surface area (Å²) in [6.07, 6.45) is 1.63. The molecule has 2 nitrogen and oxygen atoms in total. The van der Waals surface area contributed by atoms with Crippen LogP contribution >= 0.6 is 39.5 Å². The lowest BCUT2D eigenvalue weighted by Crippen LogP contribution is -1.67. The van der Waals surface area contributed by atoms with Crippen LogP contribution in [0.1, 0.15) is 0 Å². The smallest absolute Gasteiger partial charge is 0.266 e. The molecule has 0 aromatic carbocycles. The van der Waals surface area contributed by atoms with E-state index in [-0.39, 0.29) is 0 Å². The number of aromatic amines is 1. The van der Waals surface area contributed by atoms with Crippen LogP contribution in [0.5, 0.6) is 0 Å². The fraction of sp³-hybridized carbons (Fsp3) is 0. The monoisotopic (exact) mass is 261 g/mol. The first-order valence-corrected chi connectivity index (χ1v) is 5.26. The molecule has 12 heavy (non-hydrogen) atoms. The van der Waals surface area contributed by atoms with Crippen LogP contribution in [0.3, 0.4) is 0 Å². The molecule has 0 radical (unpaired) electrons. The minimum absolute atomic E-state index is 0.412. The predicted octanol–water partition coefficient (Wildman–Crippen LogP) is 3.83. The maximum absolute atomic E-state index is 4.98. The standard InChI is InChI=1S/C7H4BrNOS2/c8-4-1-6(12-3-4)5-2-10-7(11)9-5/h1-3H,(H,9,11). The average molecular weight is 262 g/mol. The lowest BCUT2D eigenvalue weighted by Gasteiger charge is -1.84. The lowest BCUT2D eigenvalue weighted by molar-refractivity contribution is 0.541. The molecule has 0 saturated heterocycles. The molecule has 0 amide bonds. The molecule has 0 saturated carbocycles. The molecule has 2 rings (SSSR count). The molecule has 1 N–H and O–H groups in total. The Kier molecular flexibility index (Phi) is 2.16. The molecule has 0 aliphatic carbocycles. The van der Waals surface area contributed by atoms with Gasteiger partial charge >= 0.3 is 0 Å². The summed E-state index contributed by atoms with van der Waals surface area (Å²) in [4.78, 5) is 4.47. The number of thiophene rings is 1. The van der Waals surface area contributed by atoms with Crippen molar-refractivity contribution in [3.8, 4) is 10.6 Å². The van der Waals surface area contributed by atoms with Gasteiger partial charge in [0.25, 0.3) is 4.84 Å².